The Labute approximate surface area is 126 Å². The monoisotopic (exact) mass is 284 g/mol. The van der Waals surface area contributed by atoms with Gasteiger partial charge in [-0.05, 0) is 77.9 Å². The third-order valence-corrected chi connectivity index (χ3v) is 5.00. The van der Waals surface area contributed by atoms with Crippen molar-refractivity contribution in [2.75, 3.05) is 26.7 Å². The maximum absolute atomic E-state index is 9.58. The second-order valence-corrected chi connectivity index (χ2v) is 7.14. The van der Waals surface area contributed by atoms with Gasteiger partial charge in [0.1, 0.15) is 0 Å². The molecule has 3 heteroatoms. The molecule has 2 N–H and O–H groups in total. The summed E-state index contributed by atoms with van der Waals surface area (Å²) in [6.45, 7) is 9.07. The SMILES string of the molecule is CCCNC(C)(CO)CCCN(C)C1CCC(C)CC1. The summed E-state index contributed by atoms with van der Waals surface area (Å²) in [4.78, 5) is 2.55. The fraction of sp³-hybridized carbons (Fsp3) is 1.00. The largest absolute Gasteiger partial charge is 0.394 e. The molecule has 1 aliphatic carbocycles. The topological polar surface area (TPSA) is 35.5 Å². The van der Waals surface area contributed by atoms with Crippen LogP contribution < -0.4 is 5.32 Å². The van der Waals surface area contributed by atoms with E-state index in [0.717, 1.165) is 44.3 Å². The van der Waals surface area contributed by atoms with E-state index in [1.165, 1.54) is 25.7 Å². The molecule has 1 saturated carbocycles. The molecule has 0 aromatic heterocycles. The van der Waals surface area contributed by atoms with Crippen molar-refractivity contribution in [3.8, 4) is 0 Å². The minimum absolute atomic E-state index is 0.0993. The smallest absolute Gasteiger partial charge is 0.0610 e. The van der Waals surface area contributed by atoms with Crippen molar-refractivity contribution >= 4 is 0 Å². The van der Waals surface area contributed by atoms with Crippen LogP contribution in [0.15, 0.2) is 0 Å². The van der Waals surface area contributed by atoms with Gasteiger partial charge in [0.25, 0.3) is 0 Å². The van der Waals surface area contributed by atoms with Crippen molar-refractivity contribution in [1.29, 1.82) is 0 Å². The second-order valence-electron chi connectivity index (χ2n) is 7.14. The van der Waals surface area contributed by atoms with E-state index in [2.05, 4.69) is 38.0 Å². The van der Waals surface area contributed by atoms with Crippen molar-refractivity contribution in [2.24, 2.45) is 5.92 Å². The van der Waals surface area contributed by atoms with Gasteiger partial charge in [-0.15, -0.1) is 0 Å². The first kappa shape index (κ1) is 17.9. The molecule has 120 valence electrons. The Hall–Kier alpha value is -0.120. The zero-order valence-corrected chi connectivity index (χ0v) is 14.1. The highest BCUT2D eigenvalue weighted by Crippen LogP contribution is 2.26. The molecule has 3 nitrogen and oxygen atoms in total. The predicted molar refractivity (Wildman–Crippen MR) is 87.1 cm³/mol. The highest BCUT2D eigenvalue weighted by molar-refractivity contribution is 4.83. The summed E-state index contributed by atoms with van der Waals surface area (Å²) in [6.07, 6.45) is 8.85. The fourth-order valence-corrected chi connectivity index (χ4v) is 3.23. The van der Waals surface area contributed by atoms with E-state index in [0.29, 0.717) is 0 Å². The molecule has 0 aromatic rings. The summed E-state index contributed by atoms with van der Waals surface area (Å²) >= 11 is 0. The van der Waals surface area contributed by atoms with Gasteiger partial charge in [0.05, 0.1) is 6.61 Å². The van der Waals surface area contributed by atoms with E-state index in [9.17, 15) is 5.11 Å². The van der Waals surface area contributed by atoms with E-state index >= 15 is 0 Å². The van der Waals surface area contributed by atoms with Crippen LogP contribution in [0.1, 0.15) is 65.7 Å². The molecule has 0 aliphatic heterocycles. The van der Waals surface area contributed by atoms with Gasteiger partial charge < -0.3 is 15.3 Å². The number of nitrogens with zero attached hydrogens (tertiary/aromatic N) is 1. The molecule has 0 heterocycles. The van der Waals surface area contributed by atoms with Gasteiger partial charge in [0.2, 0.25) is 0 Å². The van der Waals surface area contributed by atoms with Crippen LogP contribution in [0.4, 0.5) is 0 Å². The van der Waals surface area contributed by atoms with Crippen molar-refractivity contribution in [3.05, 3.63) is 0 Å². The highest BCUT2D eigenvalue weighted by Gasteiger charge is 2.24. The Morgan fingerprint density at radius 2 is 1.90 bits per heavy atom. The molecule has 0 aromatic carbocycles. The van der Waals surface area contributed by atoms with Gasteiger partial charge in [0, 0.05) is 11.6 Å². The molecule has 0 saturated heterocycles. The average Bonchev–Trinajstić information content (AvgIpc) is 2.45. The zero-order valence-electron chi connectivity index (χ0n) is 14.1. The minimum atomic E-state index is -0.0993. The normalized spacial score (nSPS) is 26.7. The number of nitrogens with one attached hydrogen (secondary N) is 1. The molecular weight excluding hydrogens is 248 g/mol. The summed E-state index contributed by atoms with van der Waals surface area (Å²) in [5, 5.41) is 13.1. The van der Waals surface area contributed by atoms with Crippen LogP contribution in [0.3, 0.4) is 0 Å². The Morgan fingerprint density at radius 3 is 2.45 bits per heavy atom. The summed E-state index contributed by atoms with van der Waals surface area (Å²) in [7, 11) is 2.27. The predicted octanol–water partition coefficient (Wildman–Crippen LogP) is 3.03. The lowest BCUT2D eigenvalue weighted by Crippen LogP contribution is -2.46. The summed E-state index contributed by atoms with van der Waals surface area (Å²) in [6, 6.07) is 0.787. The number of aliphatic hydroxyl groups excluding tert-OH is 1. The molecule has 1 rings (SSSR count). The molecule has 1 atom stereocenters. The van der Waals surface area contributed by atoms with Gasteiger partial charge in [-0.25, -0.2) is 0 Å². The lowest BCUT2D eigenvalue weighted by atomic mass is 9.86. The lowest BCUT2D eigenvalue weighted by Gasteiger charge is -2.35. The second kappa shape index (κ2) is 9.01. The number of aliphatic hydroxyl groups is 1. The summed E-state index contributed by atoms with van der Waals surface area (Å²) in [5.41, 5.74) is -0.0993. The van der Waals surface area contributed by atoms with Crippen LogP contribution >= 0.6 is 0 Å². The molecular formula is C17H36N2O. The van der Waals surface area contributed by atoms with Gasteiger partial charge in [-0.1, -0.05) is 13.8 Å². The average molecular weight is 284 g/mol. The van der Waals surface area contributed by atoms with Crippen LogP contribution in [0.25, 0.3) is 0 Å². The first-order valence-electron chi connectivity index (χ1n) is 8.57. The molecule has 20 heavy (non-hydrogen) atoms. The Morgan fingerprint density at radius 1 is 1.25 bits per heavy atom. The summed E-state index contributed by atoms with van der Waals surface area (Å²) < 4.78 is 0. The van der Waals surface area contributed by atoms with Crippen molar-refractivity contribution in [3.63, 3.8) is 0 Å². The molecule has 1 unspecified atom stereocenters. The minimum Gasteiger partial charge on any atom is -0.394 e. The highest BCUT2D eigenvalue weighted by atomic mass is 16.3. The van der Waals surface area contributed by atoms with Gasteiger partial charge in [-0.2, -0.15) is 0 Å². The number of hydrogen-bond acceptors (Lipinski definition) is 3. The van der Waals surface area contributed by atoms with Gasteiger partial charge in [-0.3, -0.25) is 0 Å². The van der Waals surface area contributed by atoms with E-state index < -0.39 is 0 Å². The van der Waals surface area contributed by atoms with Crippen LogP contribution in [0.5, 0.6) is 0 Å². The quantitative estimate of drug-likeness (QED) is 0.683. The van der Waals surface area contributed by atoms with E-state index in [4.69, 9.17) is 0 Å². The number of hydrogen-bond donors (Lipinski definition) is 2. The molecule has 0 spiro atoms. The van der Waals surface area contributed by atoms with Crippen molar-refractivity contribution in [2.45, 2.75) is 77.3 Å². The molecule has 1 aliphatic rings. The maximum Gasteiger partial charge on any atom is 0.0610 e. The van der Waals surface area contributed by atoms with Crippen LogP contribution in [0, 0.1) is 5.92 Å². The van der Waals surface area contributed by atoms with Crippen LogP contribution in [-0.4, -0.2) is 48.3 Å². The van der Waals surface area contributed by atoms with Gasteiger partial charge >= 0.3 is 0 Å². The molecule has 0 radical (unpaired) electrons. The van der Waals surface area contributed by atoms with Crippen molar-refractivity contribution < 1.29 is 5.11 Å². The first-order chi connectivity index (χ1) is 9.50. The van der Waals surface area contributed by atoms with Crippen LogP contribution in [0.2, 0.25) is 0 Å². The Balaban J connectivity index is 2.24. The summed E-state index contributed by atoms with van der Waals surface area (Å²) in [5.74, 6) is 0.926. The molecule has 1 fully saturated rings. The lowest BCUT2D eigenvalue weighted by molar-refractivity contribution is 0.141. The fourth-order valence-electron chi connectivity index (χ4n) is 3.23. The van der Waals surface area contributed by atoms with Crippen molar-refractivity contribution in [1.82, 2.24) is 10.2 Å². The third kappa shape index (κ3) is 6.11. The Kier molecular flexibility index (Phi) is 8.08. The first-order valence-corrected chi connectivity index (χ1v) is 8.57. The standard InChI is InChI=1S/C17H36N2O/c1-5-12-18-17(3,14-20)11-6-13-19(4)16-9-7-15(2)8-10-16/h15-16,18,20H,5-14H2,1-4H3. The number of rotatable bonds is 9. The van der Waals surface area contributed by atoms with E-state index in [-0.39, 0.29) is 12.1 Å². The van der Waals surface area contributed by atoms with E-state index in [1.807, 2.05) is 0 Å². The molecule has 0 bridgehead atoms. The maximum atomic E-state index is 9.58. The third-order valence-electron chi connectivity index (χ3n) is 5.00. The zero-order chi connectivity index (χ0) is 15.0. The van der Waals surface area contributed by atoms with Crippen LogP contribution in [-0.2, 0) is 0 Å². The Bertz CT molecular complexity index is 251. The van der Waals surface area contributed by atoms with E-state index in [1.54, 1.807) is 0 Å². The molecule has 0 amide bonds. The van der Waals surface area contributed by atoms with Gasteiger partial charge in [0.15, 0.2) is 0 Å².